The van der Waals surface area contributed by atoms with Crippen LogP contribution in [0.5, 0.6) is 11.6 Å². The highest BCUT2D eigenvalue weighted by atomic mass is 16.5. The number of aromatic nitrogens is 4. The number of hydrogen-bond acceptors (Lipinski definition) is 5. The van der Waals surface area contributed by atoms with Crippen LogP contribution in [0.4, 0.5) is 0 Å². The quantitative estimate of drug-likeness (QED) is 0.526. The van der Waals surface area contributed by atoms with Gasteiger partial charge < -0.3 is 4.74 Å². The van der Waals surface area contributed by atoms with E-state index in [9.17, 15) is 0 Å². The molecule has 0 atom stereocenters. The Hall–Kier alpha value is -3.98. The maximum Gasteiger partial charge on any atom is 0.220 e. The minimum Gasteiger partial charge on any atom is -0.439 e. The number of nitriles is 1. The van der Waals surface area contributed by atoms with Crippen LogP contribution in [0.1, 0.15) is 17.1 Å². The molecule has 0 aliphatic carbocycles. The zero-order valence-corrected chi connectivity index (χ0v) is 15.5. The molecule has 2 aromatic heterocycles. The van der Waals surface area contributed by atoms with Crippen LogP contribution in [0.15, 0.2) is 66.7 Å². The Morgan fingerprint density at radius 1 is 0.893 bits per heavy atom. The van der Waals surface area contributed by atoms with Crippen LogP contribution in [0.3, 0.4) is 0 Å². The third-order valence-corrected chi connectivity index (χ3v) is 4.37. The fourth-order valence-corrected chi connectivity index (χ4v) is 2.99. The number of ether oxygens (including phenoxy) is 1. The molecule has 0 spiro atoms. The summed E-state index contributed by atoms with van der Waals surface area (Å²) < 4.78 is 7.77. The first-order valence-corrected chi connectivity index (χ1v) is 8.79. The molecule has 4 rings (SSSR count). The van der Waals surface area contributed by atoms with Crippen LogP contribution in [0, 0.1) is 25.2 Å². The second-order valence-electron chi connectivity index (χ2n) is 6.29. The predicted octanol–water partition coefficient (Wildman–Crippen LogP) is 4.61. The number of pyridine rings is 1. The molecule has 0 unspecified atom stereocenters. The van der Waals surface area contributed by atoms with Crippen LogP contribution < -0.4 is 4.74 Å². The van der Waals surface area contributed by atoms with E-state index < -0.39 is 0 Å². The van der Waals surface area contributed by atoms with Crippen molar-refractivity contribution in [2.75, 3.05) is 0 Å². The van der Waals surface area contributed by atoms with Crippen molar-refractivity contribution in [3.63, 3.8) is 0 Å². The van der Waals surface area contributed by atoms with Gasteiger partial charge in [0.25, 0.3) is 0 Å². The van der Waals surface area contributed by atoms with Gasteiger partial charge in [-0.2, -0.15) is 5.26 Å². The Kier molecular flexibility index (Phi) is 4.56. The molecule has 0 radical (unpaired) electrons. The van der Waals surface area contributed by atoms with Crippen LogP contribution in [-0.4, -0.2) is 19.7 Å². The second kappa shape index (κ2) is 7.33. The highest BCUT2D eigenvalue weighted by Gasteiger charge is 2.14. The molecule has 2 aromatic carbocycles. The molecule has 136 valence electrons. The third-order valence-electron chi connectivity index (χ3n) is 4.37. The summed E-state index contributed by atoms with van der Waals surface area (Å²) in [6, 6.07) is 22.8. The summed E-state index contributed by atoms with van der Waals surface area (Å²) >= 11 is 0. The van der Waals surface area contributed by atoms with E-state index in [1.54, 1.807) is 18.2 Å². The molecule has 0 aliphatic rings. The van der Waals surface area contributed by atoms with Crippen molar-refractivity contribution in [1.82, 2.24) is 19.7 Å². The molecule has 28 heavy (non-hydrogen) atoms. The summed E-state index contributed by atoms with van der Waals surface area (Å²) in [5.41, 5.74) is 3.43. The van der Waals surface area contributed by atoms with E-state index in [4.69, 9.17) is 10.00 Å². The molecule has 6 heteroatoms. The maximum absolute atomic E-state index is 8.95. The Labute approximate surface area is 162 Å². The van der Waals surface area contributed by atoms with Crippen LogP contribution >= 0.6 is 0 Å². The van der Waals surface area contributed by atoms with Gasteiger partial charge in [-0.25, -0.2) is 4.98 Å². The van der Waals surface area contributed by atoms with Crippen molar-refractivity contribution in [3.05, 3.63) is 83.8 Å². The molecular formula is C22H17N5O. The van der Waals surface area contributed by atoms with E-state index in [-0.39, 0.29) is 0 Å². The molecule has 0 N–H and O–H groups in total. The first-order chi connectivity index (χ1) is 13.7. The minimum absolute atomic E-state index is 0.317. The van der Waals surface area contributed by atoms with Gasteiger partial charge in [0.2, 0.25) is 5.88 Å². The van der Waals surface area contributed by atoms with Crippen LogP contribution in [-0.2, 0) is 0 Å². The number of benzene rings is 2. The average Bonchev–Trinajstić information content (AvgIpc) is 3.10. The highest BCUT2D eigenvalue weighted by Crippen LogP contribution is 2.27. The summed E-state index contributed by atoms with van der Waals surface area (Å²) in [6.45, 7) is 3.99. The SMILES string of the molecule is Cc1ccccc1-c1nnc(C)n1-c1ccc(Oc2cccc(C#N)n2)cc1. The standard InChI is InChI=1S/C22H17N5O/c1-15-6-3-4-8-20(15)22-26-25-16(2)27(22)18-10-12-19(13-11-18)28-21-9-5-7-17(14-23)24-21/h3-13H,1-2H3. The lowest BCUT2D eigenvalue weighted by Gasteiger charge is -2.11. The predicted molar refractivity (Wildman–Crippen MR) is 105 cm³/mol. The van der Waals surface area contributed by atoms with Crippen molar-refractivity contribution in [2.45, 2.75) is 13.8 Å². The van der Waals surface area contributed by atoms with Gasteiger partial charge >= 0.3 is 0 Å². The van der Waals surface area contributed by atoms with Crippen LogP contribution in [0.25, 0.3) is 17.1 Å². The largest absolute Gasteiger partial charge is 0.439 e. The lowest BCUT2D eigenvalue weighted by Crippen LogP contribution is -2.01. The molecular weight excluding hydrogens is 350 g/mol. The van der Waals surface area contributed by atoms with E-state index in [0.29, 0.717) is 17.3 Å². The van der Waals surface area contributed by atoms with E-state index in [0.717, 1.165) is 28.5 Å². The molecule has 6 nitrogen and oxygen atoms in total. The summed E-state index contributed by atoms with van der Waals surface area (Å²) in [5.74, 6) is 2.62. The molecule has 0 aliphatic heterocycles. The molecule has 0 fully saturated rings. The Bertz CT molecular complexity index is 1170. The van der Waals surface area contributed by atoms with Gasteiger partial charge in [-0.1, -0.05) is 30.3 Å². The summed E-state index contributed by atoms with van der Waals surface area (Å²) in [5, 5.41) is 17.6. The van der Waals surface area contributed by atoms with E-state index in [2.05, 4.69) is 28.2 Å². The van der Waals surface area contributed by atoms with Gasteiger partial charge in [-0.05, 0) is 49.7 Å². The number of aryl methyl sites for hydroxylation is 2. The number of nitrogens with zero attached hydrogens (tertiary/aromatic N) is 5. The summed E-state index contributed by atoms with van der Waals surface area (Å²) in [4.78, 5) is 4.13. The molecule has 4 aromatic rings. The lowest BCUT2D eigenvalue weighted by molar-refractivity contribution is 0.462. The molecule has 2 heterocycles. The van der Waals surface area contributed by atoms with Gasteiger partial charge in [0.05, 0.1) is 0 Å². The Morgan fingerprint density at radius 3 is 2.43 bits per heavy atom. The molecule has 0 bridgehead atoms. The topological polar surface area (TPSA) is 76.6 Å². The van der Waals surface area contributed by atoms with E-state index in [1.165, 1.54) is 0 Å². The van der Waals surface area contributed by atoms with Crippen molar-refractivity contribution < 1.29 is 4.74 Å². The van der Waals surface area contributed by atoms with Crippen molar-refractivity contribution in [2.24, 2.45) is 0 Å². The lowest BCUT2D eigenvalue weighted by atomic mass is 10.1. The highest BCUT2D eigenvalue weighted by molar-refractivity contribution is 5.62. The zero-order valence-electron chi connectivity index (χ0n) is 15.5. The average molecular weight is 367 g/mol. The summed E-state index contributed by atoms with van der Waals surface area (Å²) in [7, 11) is 0. The molecule has 0 amide bonds. The Morgan fingerprint density at radius 2 is 1.68 bits per heavy atom. The van der Waals surface area contributed by atoms with Crippen LogP contribution in [0.2, 0.25) is 0 Å². The van der Waals surface area contributed by atoms with Gasteiger partial charge in [0.15, 0.2) is 5.82 Å². The van der Waals surface area contributed by atoms with E-state index in [1.807, 2.05) is 60.0 Å². The van der Waals surface area contributed by atoms with E-state index >= 15 is 0 Å². The van der Waals surface area contributed by atoms with Gasteiger partial charge in [-0.15, -0.1) is 10.2 Å². The fraction of sp³-hybridized carbons (Fsp3) is 0.0909. The van der Waals surface area contributed by atoms with Gasteiger partial charge in [-0.3, -0.25) is 4.57 Å². The molecule has 0 saturated heterocycles. The molecule has 0 saturated carbocycles. The second-order valence-corrected chi connectivity index (χ2v) is 6.29. The number of hydrogen-bond donors (Lipinski definition) is 0. The maximum atomic E-state index is 8.95. The first kappa shape index (κ1) is 17.4. The Balaban J connectivity index is 1.66. The third kappa shape index (κ3) is 3.33. The minimum atomic E-state index is 0.317. The number of rotatable bonds is 4. The normalized spacial score (nSPS) is 10.5. The zero-order chi connectivity index (χ0) is 19.5. The van der Waals surface area contributed by atoms with Gasteiger partial charge in [0.1, 0.15) is 23.3 Å². The summed E-state index contributed by atoms with van der Waals surface area (Å²) in [6.07, 6.45) is 0. The van der Waals surface area contributed by atoms with Gasteiger partial charge in [0, 0.05) is 17.3 Å². The van der Waals surface area contributed by atoms with Crippen molar-refractivity contribution >= 4 is 0 Å². The smallest absolute Gasteiger partial charge is 0.220 e. The first-order valence-electron chi connectivity index (χ1n) is 8.79. The van der Waals surface area contributed by atoms with Crippen molar-refractivity contribution in [3.8, 4) is 34.8 Å². The monoisotopic (exact) mass is 367 g/mol. The van der Waals surface area contributed by atoms with Crippen molar-refractivity contribution in [1.29, 1.82) is 5.26 Å². The fourth-order valence-electron chi connectivity index (χ4n) is 2.99.